The largest absolute Gasteiger partial charge is 0.505 e. The van der Waals surface area contributed by atoms with Crippen LogP contribution in [0.1, 0.15) is 10.4 Å². The minimum absolute atomic E-state index is 0.0116. The van der Waals surface area contributed by atoms with Gasteiger partial charge in [0.1, 0.15) is 5.82 Å². The lowest BCUT2D eigenvalue weighted by molar-refractivity contribution is 0.102. The van der Waals surface area contributed by atoms with Gasteiger partial charge in [0.05, 0.1) is 15.6 Å². The summed E-state index contributed by atoms with van der Waals surface area (Å²) in [5, 5.41) is 11.9. The lowest BCUT2D eigenvalue weighted by Crippen LogP contribution is -2.13. The highest BCUT2D eigenvalue weighted by atomic mass is 79.9. The summed E-state index contributed by atoms with van der Waals surface area (Å²) < 4.78 is 14.1. The van der Waals surface area contributed by atoms with Crippen LogP contribution in [0.3, 0.4) is 0 Å². The lowest BCUT2D eigenvalue weighted by atomic mass is 10.2. The first kappa shape index (κ1) is 15.1. The normalized spacial score (nSPS) is 10.4. The molecular formula is C13H7BrCl2FNO2. The quantitative estimate of drug-likeness (QED) is 0.733. The molecule has 0 saturated carbocycles. The third-order valence-electron chi connectivity index (χ3n) is 2.45. The number of aromatic hydroxyl groups is 1. The number of carbonyl (C=O) groups is 1. The summed E-state index contributed by atoms with van der Waals surface area (Å²) in [5.74, 6) is -1.58. The maximum Gasteiger partial charge on any atom is 0.258 e. The van der Waals surface area contributed by atoms with E-state index in [4.69, 9.17) is 23.2 Å². The van der Waals surface area contributed by atoms with Crippen molar-refractivity contribution in [3.63, 3.8) is 0 Å². The number of benzene rings is 2. The molecule has 7 heteroatoms. The molecule has 104 valence electrons. The van der Waals surface area contributed by atoms with Crippen molar-refractivity contribution in [1.29, 1.82) is 0 Å². The predicted octanol–water partition coefficient (Wildman–Crippen LogP) is 4.85. The first-order valence-electron chi connectivity index (χ1n) is 5.33. The molecule has 0 aliphatic rings. The van der Waals surface area contributed by atoms with Gasteiger partial charge < -0.3 is 10.4 Å². The first-order valence-corrected chi connectivity index (χ1v) is 6.88. The van der Waals surface area contributed by atoms with E-state index in [1.54, 1.807) is 0 Å². The summed E-state index contributed by atoms with van der Waals surface area (Å²) >= 11 is 14.6. The average Bonchev–Trinajstić information content (AvgIpc) is 2.38. The van der Waals surface area contributed by atoms with Gasteiger partial charge in [0.2, 0.25) is 0 Å². The van der Waals surface area contributed by atoms with Crippen LogP contribution in [0.25, 0.3) is 0 Å². The van der Waals surface area contributed by atoms with Crippen molar-refractivity contribution in [2.45, 2.75) is 0 Å². The molecule has 0 atom stereocenters. The molecule has 0 saturated heterocycles. The van der Waals surface area contributed by atoms with Crippen molar-refractivity contribution >= 4 is 50.7 Å². The van der Waals surface area contributed by atoms with Crippen molar-refractivity contribution in [3.8, 4) is 5.75 Å². The van der Waals surface area contributed by atoms with E-state index in [2.05, 4.69) is 21.2 Å². The Morgan fingerprint density at radius 2 is 1.80 bits per heavy atom. The number of phenols is 1. The molecular weight excluding hydrogens is 372 g/mol. The van der Waals surface area contributed by atoms with Crippen molar-refractivity contribution in [2.24, 2.45) is 0 Å². The highest BCUT2D eigenvalue weighted by Crippen LogP contribution is 2.34. The third kappa shape index (κ3) is 3.23. The minimum Gasteiger partial charge on any atom is -0.505 e. The Bertz CT molecular complexity index is 671. The van der Waals surface area contributed by atoms with Crippen molar-refractivity contribution in [1.82, 2.24) is 0 Å². The Labute approximate surface area is 132 Å². The van der Waals surface area contributed by atoms with Crippen LogP contribution in [0.4, 0.5) is 10.1 Å². The first-order chi connectivity index (χ1) is 9.38. The van der Waals surface area contributed by atoms with Crippen LogP contribution in [0.15, 0.2) is 34.8 Å². The smallest absolute Gasteiger partial charge is 0.258 e. The van der Waals surface area contributed by atoms with Crippen LogP contribution >= 0.6 is 39.1 Å². The highest BCUT2D eigenvalue weighted by molar-refractivity contribution is 9.10. The molecule has 20 heavy (non-hydrogen) atoms. The molecule has 2 aromatic carbocycles. The molecule has 0 unspecified atom stereocenters. The van der Waals surface area contributed by atoms with E-state index < -0.39 is 11.7 Å². The number of rotatable bonds is 2. The second-order valence-electron chi connectivity index (χ2n) is 3.87. The number of carbonyl (C=O) groups excluding carboxylic acids is 1. The number of hydrogen-bond acceptors (Lipinski definition) is 2. The van der Waals surface area contributed by atoms with E-state index in [0.29, 0.717) is 4.47 Å². The maximum absolute atomic E-state index is 13.6. The number of hydrogen-bond donors (Lipinski definition) is 2. The standard InChI is InChI=1S/C13H7BrCl2FNO2/c14-6-1-2-11(17)8(3-6)13(20)18-7-4-9(15)12(19)10(16)5-7/h1-5,19H,(H,18,20). The zero-order valence-corrected chi connectivity index (χ0v) is 12.9. The fourth-order valence-corrected chi connectivity index (χ4v) is 2.36. The van der Waals surface area contributed by atoms with E-state index in [1.807, 2.05) is 0 Å². The second-order valence-corrected chi connectivity index (χ2v) is 5.60. The molecule has 0 aromatic heterocycles. The zero-order chi connectivity index (χ0) is 14.9. The van der Waals surface area contributed by atoms with Crippen LogP contribution in [0, 0.1) is 5.82 Å². The number of halogens is 4. The summed E-state index contributed by atoms with van der Waals surface area (Å²) in [6.45, 7) is 0. The Balaban J connectivity index is 2.30. The molecule has 0 aliphatic carbocycles. The fraction of sp³-hybridized carbons (Fsp3) is 0. The molecule has 1 amide bonds. The van der Waals surface area contributed by atoms with Crippen molar-refractivity contribution < 1.29 is 14.3 Å². The van der Waals surface area contributed by atoms with Gasteiger partial charge in [-0.1, -0.05) is 39.1 Å². The van der Waals surface area contributed by atoms with Gasteiger partial charge in [-0.2, -0.15) is 0 Å². The maximum atomic E-state index is 13.6. The monoisotopic (exact) mass is 377 g/mol. The Kier molecular flexibility index (Phi) is 4.52. The average molecular weight is 379 g/mol. The van der Waals surface area contributed by atoms with Crippen molar-refractivity contribution in [2.75, 3.05) is 5.32 Å². The zero-order valence-electron chi connectivity index (χ0n) is 9.75. The third-order valence-corrected chi connectivity index (χ3v) is 3.52. The molecule has 2 aromatic rings. The van der Waals surface area contributed by atoms with Crippen molar-refractivity contribution in [3.05, 3.63) is 56.2 Å². The Morgan fingerprint density at radius 1 is 1.20 bits per heavy atom. The van der Waals surface area contributed by atoms with E-state index >= 15 is 0 Å². The molecule has 0 spiro atoms. The van der Waals surface area contributed by atoms with Gasteiger partial charge >= 0.3 is 0 Å². The Hall–Kier alpha value is -1.30. The molecule has 0 heterocycles. The molecule has 2 rings (SSSR count). The topological polar surface area (TPSA) is 49.3 Å². The van der Waals surface area contributed by atoms with E-state index in [1.165, 1.54) is 30.3 Å². The predicted molar refractivity (Wildman–Crippen MR) is 80.2 cm³/mol. The van der Waals surface area contributed by atoms with Crippen LogP contribution < -0.4 is 5.32 Å². The number of anilines is 1. The Morgan fingerprint density at radius 3 is 2.40 bits per heavy atom. The van der Waals surface area contributed by atoms with Gasteiger partial charge in [0.25, 0.3) is 5.91 Å². The van der Waals surface area contributed by atoms with E-state index in [9.17, 15) is 14.3 Å². The summed E-state index contributed by atoms with van der Waals surface area (Å²) in [5.41, 5.74) is 0.127. The number of amides is 1. The van der Waals surface area contributed by atoms with Gasteiger partial charge in [0.15, 0.2) is 5.75 Å². The summed E-state index contributed by atoms with van der Waals surface area (Å²) in [4.78, 5) is 12.0. The summed E-state index contributed by atoms with van der Waals surface area (Å²) in [7, 11) is 0. The van der Waals surface area contributed by atoms with Gasteiger partial charge in [-0.15, -0.1) is 0 Å². The van der Waals surface area contributed by atoms with E-state index in [0.717, 1.165) is 0 Å². The molecule has 0 fully saturated rings. The van der Waals surface area contributed by atoms with Gasteiger partial charge in [-0.3, -0.25) is 4.79 Å². The summed E-state index contributed by atoms with van der Waals surface area (Å²) in [6, 6.07) is 6.65. The van der Waals surface area contributed by atoms with Gasteiger partial charge in [-0.05, 0) is 30.3 Å². The number of phenolic OH excluding ortho intramolecular Hbond substituents is 1. The summed E-state index contributed by atoms with van der Waals surface area (Å²) in [6.07, 6.45) is 0. The van der Waals surface area contributed by atoms with Crippen LogP contribution in [-0.4, -0.2) is 11.0 Å². The number of nitrogens with one attached hydrogen (secondary N) is 1. The van der Waals surface area contributed by atoms with Crippen LogP contribution in [0.2, 0.25) is 10.0 Å². The molecule has 3 nitrogen and oxygen atoms in total. The fourth-order valence-electron chi connectivity index (χ4n) is 1.51. The van der Waals surface area contributed by atoms with Crippen LogP contribution in [-0.2, 0) is 0 Å². The second kappa shape index (κ2) is 5.99. The molecule has 0 radical (unpaired) electrons. The van der Waals surface area contributed by atoms with Gasteiger partial charge in [-0.25, -0.2) is 4.39 Å². The molecule has 0 bridgehead atoms. The molecule has 0 aliphatic heterocycles. The van der Waals surface area contributed by atoms with Gasteiger partial charge in [0, 0.05) is 10.2 Å². The SMILES string of the molecule is O=C(Nc1cc(Cl)c(O)c(Cl)c1)c1cc(Br)ccc1F. The minimum atomic E-state index is -0.651. The molecule has 2 N–H and O–H groups in total. The van der Waals surface area contributed by atoms with E-state index in [-0.39, 0.29) is 27.0 Å². The highest BCUT2D eigenvalue weighted by Gasteiger charge is 2.14. The van der Waals surface area contributed by atoms with Crippen LogP contribution in [0.5, 0.6) is 5.75 Å². The lowest BCUT2D eigenvalue weighted by Gasteiger charge is -2.08.